The van der Waals surface area contributed by atoms with Gasteiger partial charge in [-0.25, -0.2) is 4.98 Å². The van der Waals surface area contributed by atoms with Crippen LogP contribution in [0.4, 0.5) is 105 Å². The Morgan fingerprint density at radius 2 is 0.654 bits per heavy atom. The molecule has 28 heteroatoms. The van der Waals surface area contributed by atoms with E-state index in [-0.39, 0.29) is 0 Å². The van der Waals surface area contributed by atoms with E-state index in [1.165, 1.54) is 11.1 Å². The third-order valence-corrected chi connectivity index (χ3v) is 12.3. The van der Waals surface area contributed by atoms with Crippen LogP contribution in [-0.2, 0) is 62.4 Å². The normalized spacial score (nSPS) is 13.3. The maximum atomic E-state index is 14.2. The second-order valence-corrected chi connectivity index (χ2v) is 17.7. The molecule has 0 fully saturated rings. The van der Waals surface area contributed by atoms with Crippen LogP contribution >= 0.6 is 12.6 Å². The predicted molar refractivity (Wildman–Crippen MR) is 237 cm³/mol. The van der Waals surface area contributed by atoms with E-state index in [1.807, 2.05) is 36.7 Å². The van der Waals surface area contributed by atoms with Crippen molar-refractivity contribution in [1.29, 1.82) is 0 Å². The minimum atomic E-state index is -6.13. The van der Waals surface area contributed by atoms with Crippen LogP contribution in [0.1, 0.15) is 61.3 Å². The highest BCUT2D eigenvalue weighted by molar-refractivity contribution is 7.80. The first-order chi connectivity index (χ1) is 35.6. The Bertz CT molecular complexity index is 2820. The number of hydrogen-bond acceptors (Lipinski definition) is 2. The van der Waals surface area contributed by atoms with E-state index in [1.54, 1.807) is 0 Å². The number of alkyl halides is 24. The van der Waals surface area contributed by atoms with E-state index in [9.17, 15) is 105 Å². The third-order valence-electron chi connectivity index (χ3n) is 11.8. The Labute approximate surface area is 429 Å². The van der Waals surface area contributed by atoms with Gasteiger partial charge in [0.2, 0.25) is 0 Å². The van der Waals surface area contributed by atoms with Crippen molar-refractivity contribution in [3.8, 4) is 0 Å². The standard InChI is InChI=1S/C32H12BF24.C18H16N2S/c34-25(35,36)13-1-14(26(37,38)39)6-21(5-13)33(22-7-15(27(40,41)42)2-16(8-22)28(43,44)45,23-9-17(29(46,47)48)3-18(10-23)30(49,50)51)24-11-19(31(52,53)54)4-20(12-24)32(55,56)57;21-18-9-5-4-8-16(18)12-17-14-20(11-10-19-17)13-15-6-2-1-3-7-15/h1-12H;1-11,14H,12-13H2/q-1;/p+1. The minimum Gasteiger partial charge on any atom is -0.248 e. The third kappa shape index (κ3) is 14.2. The first-order valence-electron chi connectivity index (χ1n) is 21.6. The van der Waals surface area contributed by atoms with Crippen molar-refractivity contribution in [2.24, 2.45) is 0 Å². The molecule has 0 bridgehead atoms. The van der Waals surface area contributed by atoms with Gasteiger partial charge in [-0.2, -0.15) is 132 Å². The van der Waals surface area contributed by atoms with Gasteiger partial charge >= 0.3 is 49.4 Å². The number of hydrogen-bond donors (Lipinski definition) is 1. The summed E-state index contributed by atoms with van der Waals surface area (Å²) in [5, 5.41) is 0. The molecule has 1 heterocycles. The highest BCUT2D eigenvalue weighted by Crippen LogP contribution is 2.41. The van der Waals surface area contributed by atoms with Crippen LogP contribution in [0.25, 0.3) is 0 Å². The number of halogens is 24. The monoisotopic (exact) mass is 1160 g/mol. The summed E-state index contributed by atoms with van der Waals surface area (Å²) in [5.41, 5.74) is -26.7. The van der Waals surface area contributed by atoms with E-state index in [0.717, 1.165) is 23.6 Å². The van der Waals surface area contributed by atoms with Crippen LogP contribution in [0, 0.1) is 0 Å². The lowest BCUT2D eigenvalue weighted by atomic mass is 9.12. The molecule has 0 saturated carbocycles. The quantitative estimate of drug-likeness (QED) is 0.0694. The molecule has 0 aliphatic heterocycles. The summed E-state index contributed by atoms with van der Waals surface area (Å²) in [6, 6.07) is 9.77. The van der Waals surface area contributed by atoms with Crippen LogP contribution < -0.4 is 26.4 Å². The summed E-state index contributed by atoms with van der Waals surface area (Å²) >= 11 is 4.50. The number of thiol groups is 1. The SMILES string of the molecule is FC(F)(F)c1cc([B-](c2cc(C(F)(F)F)cc(C(F)(F)F)c2)(c2cc(C(F)(F)F)cc(C(F)(F)F)c2)c2cc(C(F)(F)F)cc(C(F)(F)F)c2)cc(C(F)(F)F)c1.Sc1ccccc1Cc1c[n+](Cc2ccccc2)ccn1. The van der Waals surface area contributed by atoms with Crippen molar-refractivity contribution in [3.05, 3.63) is 207 Å². The molecular formula is C50H29BF24N2S. The predicted octanol–water partition coefficient (Wildman–Crippen LogP) is 14.5. The molecule has 7 rings (SSSR count). The van der Waals surface area contributed by atoms with E-state index in [0.29, 0.717) is 0 Å². The van der Waals surface area contributed by atoms with E-state index in [4.69, 9.17) is 0 Å². The Hall–Kier alpha value is -6.87. The summed E-state index contributed by atoms with van der Waals surface area (Å²) in [4.78, 5) is 5.47. The van der Waals surface area contributed by atoms with Gasteiger partial charge in [0.25, 0.3) is 0 Å². The summed E-state index contributed by atoms with van der Waals surface area (Å²) < 4.78 is 343. The molecule has 0 spiro atoms. The van der Waals surface area contributed by atoms with Gasteiger partial charge in [-0.3, -0.25) is 0 Å². The molecule has 0 aliphatic rings. The van der Waals surface area contributed by atoms with Crippen LogP contribution in [0.5, 0.6) is 0 Å². The molecule has 7 aromatic rings. The molecule has 0 unspecified atom stereocenters. The molecule has 0 amide bonds. The minimum absolute atomic E-state index is 0.691. The smallest absolute Gasteiger partial charge is 0.248 e. The summed E-state index contributed by atoms with van der Waals surface area (Å²) in [6.07, 6.45) is -48.0. The fourth-order valence-corrected chi connectivity index (χ4v) is 8.63. The lowest BCUT2D eigenvalue weighted by Gasteiger charge is -2.46. The fraction of sp³-hybridized carbons (Fsp3) is 0.200. The second-order valence-electron chi connectivity index (χ2n) is 17.2. The van der Waals surface area contributed by atoms with Gasteiger partial charge in [0.15, 0.2) is 18.9 Å². The molecule has 0 saturated heterocycles. The van der Waals surface area contributed by atoms with E-state index < -0.39 is 195 Å². The van der Waals surface area contributed by atoms with E-state index in [2.05, 4.69) is 58.7 Å². The van der Waals surface area contributed by atoms with Crippen LogP contribution in [0.3, 0.4) is 0 Å². The Kier molecular flexibility index (Phi) is 16.6. The van der Waals surface area contributed by atoms with Crippen LogP contribution in [0.15, 0.2) is 151 Å². The zero-order valence-electron chi connectivity index (χ0n) is 38.3. The van der Waals surface area contributed by atoms with Crippen LogP contribution in [0.2, 0.25) is 0 Å². The van der Waals surface area contributed by atoms with Gasteiger partial charge in [-0.1, -0.05) is 97.1 Å². The molecule has 78 heavy (non-hydrogen) atoms. The zero-order chi connectivity index (χ0) is 58.4. The average molecular weight is 1160 g/mol. The summed E-state index contributed by atoms with van der Waals surface area (Å²) in [6.45, 7) is 0.860. The first-order valence-corrected chi connectivity index (χ1v) is 22.0. The summed E-state index contributed by atoms with van der Waals surface area (Å²) in [7, 11) is 0. The maximum absolute atomic E-state index is 14.2. The average Bonchev–Trinajstić information content (AvgIpc) is 3.32. The van der Waals surface area contributed by atoms with Gasteiger partial charge in [0.05, 0.1) is 50.7 Å². The highest BCUT2D eigenvalue weighted by atomic mass is 32.1. The molecule has 0 aliphatic carbocycles. The van der Waals surface area contributed by atoms with Crippen molar-refractivity contribution >= 4 is 40.6 Å². The van der Waals surface area contributed by atoms with Crippen molar-refractivity contribution in [2.75, 3.05) is 0 Å². The molecule has 416 valence electrons. The summed E-state index contributed by atoms with van der Waals surface area (Å²) in [5.74, 6) is 0. The molecule has 6 aromatic carbocycles. The van der Waals surface area contributed by atoms with Gasteiger partial charge in [-0.05, 0) is 35.9 Å². The molecule has 0 N–H and O–H groups in total. The molecular weight excluding hydrogens is 1130 g/mol. The topological polar surface area (TPSA) is 16.8 Å². The number of benzene rings is 6. The first kappa shape index (κ1) is 60.4. The largest absolute Gasteiger partial charge is 0.416 e. The lowest BCUT2D eigenvalue weighted by Crippen LogP contribution is -2.75. The van der Waals surface area contributed by atoms with Crippen molar-refractivity contribution < 1.29 is 110 Å². The Balaban J connectivity index is 0.000000387. The molecule has 1 aromatic heterocycles. The number of aromatic nitrogens is 2. The van der Waals surface area contributed by atoms with Crippen LogP contribution in [-0.4, -0.2) is 11.1 Å². The zero-order valence-corrected chi connectivity index (χ0v) is 39.2. The molecule has 0 atom stereocenters. The van der Waals surface area contributed by atoms with E-state index >= 15 is 0 Å². The fourth-order valence-electron chi connectivity index (χ4n) is 8.39. The molecule has 0 radical (unpaired) electrons. The highest BCUT2D eigenvalue weighted by Gasteiger charge is 2.47. The van der Waals surface area contributed by atoms with Gasteiger partial charge < -0.3 is 0 Å². The number of nitrogens with zero attached hydrogens (tertiary/aromatic N) is 2. The van der Waals surface area contributed by atoms with Crippen molar-refractivity contribution in [2.45, 2.75) is 67.3 Å². The second kappa shape index (κ2) is 21.4. The van der Waals surface area contributed by atoms with Gasteiger partial charge in [0.1, 0.15) is 11.8 Å². The Morgan fingerprint density at radius 3 is 0.936 bits per heavy atom. The number of rotatable bonds is 8. The van der Waals surface area contributed by atoms with Gasteiger partial charge in [-0.15, -0.1) is 12.6 Å². The van der Waals surface area contributed by atoms with Crippen molar-refractivity contribution in [1.82, 2.24) is 4.98 Å². The Morgan fingerprint density at radius 1 is 0.372 bits per heavy atom. The lowest BCUT2D eigenvalue weighted by molar-refractivity contribution is -0.689. The maximum Gasteiger partial charge on any atom is 0.416 e. The molecule has 2 nitrogen and oxygen atoms in total. The van der Waals surface area contributed by atoms with Gasteiger partial charge in [0, 0.05) is 16.9 Å². The van der Waals surface area contributed by atoms with Crippen molar-refractivity contribution in [3.63, 3.8) is 0 Å².